The third-order valence-electron chi connectivity index (χ3n) is 7.02. The molecule has 9 heteroatoms. The molecule has 2 aromatic heterocycles. The van der Waals surface area contributed by atoms with Gasteiger partial charge in [-0.3, -0.25) is 9.69 Å². The predicted octanol–water partition coefficient (Wildman–Crippen LogP) is 5.34. The molecule has 184 valence electrons. The van der Waals surface area contributed by atoms with E-state index in [0.29, 0.717) is 41.8 Å². The number of rotatable bonds is 5. The molecule has 0 radical (unpaired) electrons. The Bertz CT molecular complexity index is 1340. The monoisotopic (exact) mass is 483 g/mol. The summed E-state index contributed by atoms with van der Waals surface area (Å²) in [5.74, 6) is -3.59. The largest absolute Gasteiger partial charge is 0.362 e. The van der Waals surface area contributed by atoms with Crippen LogP contribution in [-0.2, 0) is 7.05 Å². The van der Waals surface area contributed by atoms with Crippen molar-refractivity contribution in [2.24, 2.45) is 7.05 Å². The third-order valence-corrected chi connectivity index (χ3v) is 7.02. The Morgan fingerprint density at radius 1 is 1.14 bits per heavy atom. The molecular weight excluding hydrogens is 455 g/mol. The smallest absolute Gasteiger partial charge is 0.270 e. The van der Waals surface area contributed by atoms with Crippen LogP contribution in [-0.4, -0.2) is 39.6 Å². The first-order chi connectivity index (χ1) is 16.7. The van der Waals surface area contributed by atoms with Crippen molar-refractivity contribution in [3.63, 3.8) is 0 Å². The lowest BCUT2D eigenvalue weighted by molar-refractivity contribution is 0.102. The molecule has 35 heavy (non-hydrogen) atoms. The molecule has 6 nitrogen and oxygen atoms in total. The Hall–Kier alpha value is -3.38. The second-order valence-corrected chi connectivity index (χ2v) is 9.06. The van der Waals surface area contributed by atoms with Gasteiger partial charge in [-0.2, -0.15) is 0 Å². The summed E-state index contributed by atoms with van der Waals surface area (Å²) in [5, 5.41) is 0. The number of anilines is 1. The number of hydrogen-bond acceptors (Lipinski definition) is 4. The van der Waals surface area contributed by atoms with Gasteiger partial charge in [-0.1, -0.05) is 20.4 Å². The molecule has 1 aromatic carbocycles. The lowest BCUT2D eigenvalue weighted by Crippen LogP contribution is -2.58. The van der Waals surface area contributed by atoms with E-state index in [4.69, 9.17) is 6.57 Å². The first-order valence-electron chi connectivity index (χ1n) is 11.7. The molecule has 0 N–H and O–H groups in total. The number of piperazine rings is 1. The molecule has 0 bridgehead atoms. The molecule has 4 rings (SSSR count). The molecule has 1 fully saturated rings. The Morgan fingerprint density at radius 2 is 1.83 bits per heavy atom. The number of fused-ring (bicyclic) bond motifs is 1. The summed E-state index contributed by atoms with van der Waals surface area (Å²) in [5.41, 5.74) is 2.15. The highest BCUT2D eigenvalue weighted by molar-refractivity contribution is 5.89. The van der Waals surface area contributed by atoms with Crippen LogP contribution in [0.1, 0.15) is 45.2 Å². The molecule has 0 saturated carbocycles. The van der Waals surface area contributed by atoms with Crippen LogP contribution in [0.4, 0.5) is 24.7 Å². The standard InChI is InChI=1S/C26H28F3N5O/c1-6-17-14-33(20(7-2)16-10-18(27)25(29)19(28)11-16)15(3)13-34(17)22-12-24(35)32(5)21-8-9-23(30-4)31-26(21)22/h8-12,15,17,20H,6-7,13-14H2,1-3,5H3/t15-,17+,20?/m1/s1. The zero-order valence-corrected chi connectivity index (χ0v) is 20.2. The average Bonchev–Trinajstić information content (AvgIpc) is 2.85. The fraction of sp³-hybridized carbons (Fsp3) is 0.423. The van der Waals surface area contributed by atoms with Gasteiger partial charge in [0.05, 0.1) is 11.2 Å². The number of aryl methyl sites for hydroxylation is 1. The first kappa shape index (κ1) is 24.7. The van der Waals surface area contributed by atoms with Crippen molar-refractivity contribution in [2.45, 2.75) is 51.7 Å². The Kier molecular flexibility index (Phi) is 6.86. The van der Waals surface area contributed by atoms with Gasteiger partial charge in [0, 0.05) is 44.3 Å². The van der Waals surface area contributed by atoms with Gasteiger partial charge in [-0.05, 0) is 49.6 Å². The van der Waals surface area contributed by atoms with E-state index in [1.54, 1.807) is 25.2 Å². The number of hydrogen-bond donors (Lipinski definition) is 0. The maximum Gasteiger partial charge on any atom is 0.270 e. The SMILES string of the molecule is [C-]#[N+]c1ccc2c(n1)c(N1C[C@@H](C)N(C(CC)c3cc(F)c(F)c(F)c3)C[C@@H]1CC)cc(=O)n2C. The molecule has 1 aliphatic heterocycles. The van der Waals surface area contributed by atoms with Crippen LogP contribution in [0.5, 0.6) is 0 Å². The van der Waals surface area contributed by atoms with E-state index in [2.05, 4.69) is 19.6 Å². The van der Waals surface area contributed by atoms with E-state index in [1.165, 1.54) is 4.57 Å². The number of aromatic nitrogens is 2. The highest BCUT2D eigenvalue weighted by atomic mass is 19.2. The van der Waals surface area contributed by atoms with Crippen LogP contribution in [0.2, 0.25) is 0 Å². The van der Waals surface area contributed by atoms with Crippen LogP contribution >= 0.6 is 0 Å². The third kappa shape index (κ3) is 4.39. The van der Waals surface area contributed by atoms with Gasteiger partial charge >= 0.3 is 0 Å². The summed E-state index contributed by atoms with van der Waals surface area (Å²) in [6.45, 7) is 14.5. The number of halogens is 3. The highest BCUT2D eigenvalue weighted by Gasteiger charge is 2.36. The van der Waals surface area contributed by atoms with Crippen molar-refractivity contribution < 1.29 is 13.2 Å². The van der Waals surface area contributed by atoms with E-state index in [-0.39, 0.29) is 29.5 Å². The molecule has 1 aliphatic rings. The van der Waals surface area contributed by atoms with E-state index >= 15 is 0 Å². The van der Waals surface area contributed by atoms with Crippen LogP contribution in [0, 0.1) is 24.0 Å². The molecule has 3 aromatic rings. The van der Waals surface area contributed by atoms with Crippen LogP contribution in [0.25, 0.3) is 15.9 Å². The molecule has 0 spiro atoms. The van der Waals surface area contributed by atoms with Crippen LogP contribution in [0.15, 0.2) is 35.1 Å². The molecule has 3 heterocycles. The van der Waals surface area contributed by atoms with Crippen molar-refractivity contribution in [1.82, 2.24) is 14.5 Å². The van der Waals surface area contributed by atoms with Gasteiger partial charge in [-0.25, -0.2) is 13.2 Å². The Labute approximate surface area is 202 Å². The van der Waals surface area contributed by atoms with Gasteiger partial charge < -0.3 is 14.3 Å². The maximum atomic E-state index is 14.0. The van der Waals surface area contributed by atoms with Gasteiger partial charge in [-0.15, -0.1) is 4.98 Å². The lowest BCUT2D eigenvalue weighted by Gasteiger charge is -2.49. The van der Waals surface area contributed by atoms with Gasteiger partial charge in [0.2, 0.25) is 5.52 Å². The zero-order valence-electron chi connectivity index (χ0n) is 20.2. The number of benzene rings is 1. The van der Waals surface area contributed by atoms with E-state index in [9.17, 15) is 18.0 Å². The van der Waals surface area contributed by atoms with Gasteiger partial charge in [0.25, 0.3) is 11.4 Å². The second kappa shape index (κ2) is 9.70. The summed E-state index contributed by atoms with van der Waals surface area (Å²) in [6, 6.07) is 6.73. The van der Waals surface area contributed by atoms with Crippen molar-refractivity contribution >= 4 is 22.5 Å². The van der Waals surface area contributed by atoms with Crippen LogP contribution in [0.3, 0.4) is 0 Å². The Morgan fingerprint density at radius 3 is 2.43 bits per heavy atom. The maximum absolute atomic E-state index is 14.0. The minimum atomic E-state index is -1.46. The lowest BCUT2D eigenvalue weighted by atomic mass is 9.95. The number of pyridine rings is 2. The number of nitrogens with zero attached hydrogens (tertiary/aromatic N) is 5. The topological polar surface area (TPSA) is 45.7 Å². The molecular formula is C26H28F3N5O. The van der Waals surface area contributed by atoms with Crippen LogP contribution < -0.4 is 10.5 Å². The fourth-order valence-electron chi connectivity index (χ4n) is 5.15. The normalized spacial score (nSPS) is 19.7. The molecule has 3 atom stereocenters. The van der Waals surface area contributed by atoms with Crippen molar-refractivity contribution in [1.29, 1.82) is 0 Å². The van der Waals surface area contributed by atoms with Crippen molar-refractivity contribution in [2.75, 3.05) is 18.0 Å². The minimum Gasteiger partial charge on any atom is -0.362 e. The fourth-order valence-corrected chi connectivity index (χ4v) is 5.15. The average molecular weight is 484 g/mol. The summed E-state index contributed by atoms with van der Waals surface area (Å²) < 4.78 is 43.1. The summed E-state index contributed by atoms with van der Waals surface area (Å²) in [4.78, 5) is 25.1. The van der Waals surface area contributed by atoms with Crippen molar-refractivity contribution in [3.05, 3.63) is 75.1 Å². The van der Waals surface area contributed by atoms with E-state index < -0.39 is 17.5 Å². The van der Waals surface area contributed by atoms with Gasteiger partial charge in [0.15, 0.2) is 17.5 Å². The summed E-state index contributed by atoms with van der Waals surface area (Å²) >= 11 is 0. The van der Waals surface area contributed by atoms with Gasteiger partial charge in [0.1, 0.15) is 0 Å². The summed E-state index contributed by atoms with van der Waals surface area (Å²) in [6.07, 6.45) is 1.35. The molecule has 1 unspecified atom stereocenters. The molecule has 0 aliphatic carbocycles. The first-order valence-corrected chi connectivity index (χ1v) is 11.7. The van der Waals surface area contributed by atoms with Crippen molar-refractivity contribution in [3.8, 4) is 0 Å². The summed E-state index contributed by atoms with van der Waals surface area (Å²) in [7, 11) is 1.68. The van der Waals surface area contributed by atoms with E-state index in [1.807, 2.05) is 20.8 Å². The molecule has 1 saturated heterocycles. The minimum absolute atomic E-state index is 0.0101. The Balaban J connectivity index is 1.75. The zero-order chi connectivity index (χ0) is 25.4. The highest BCUT2D eigenvalue weighted by Crippen LogP contribution is 2.35. The second-order valence-electron chi connectivity index (χ2n) is 9.06. The quantitative estimate of drug-likeness (QED) is 0.363. The predicted molar refractivity (Wildman–Crippen MR) is 130 cm³/mol. The van der Waals surface area contributed by atoms with E-state index in [0.717, 1.165) is 18.6 Å². The molecule has 0 amide bonds.